The van der Waals surface area contributed by atoms with Crippen molar-refractivity contribution >= 4 is 28.7 Å². The third kappa shape index (κ3) is 3.58. The zero-order valence-electron chi connectivity index (χ0n) is 16.4. The van der Waals surface area contributed by atoms with E-state index in [0.29, 0.717) is 5.69 Å². The standard InChI is InChI=1S/C22H19N5O3/c1-25-13-15(21(29)26(2)22(25)30)7-12-20(28)24-16-8-10-17(11-9-16)27-14-23-18-5-3-4-6-19(18)27/h3-14H,1-2H3,(H,24,28)/b12-7+. The number of imidazole rings is 1. The molecule has 0 spiro atoms. The van der Waals surface area contributed by atoms with Crippen molar-refractivity contribution in [1.29, 1.82) is 0 Å². The van der Waals surface area contributed by atoms with Crippen molar-refractivity contribution < 1.29 is 4.79 Å². The van der Waals surface area contributed by atoms with Gasteiger partial charge in [0.25, 0.3) is 5.56 Å². The minimum absolute atomic E-state index is 0.247. The Kier molecular flexibility index (Phi) is 4.89. The molecule has 2 aromatic carbocycles. The fourth-order valence-electron chi connectivity index (χ4n) is 3.17. The lowest BCUT2D eigenvalue weighted by molar-refractivity contribution is -0.111. The van der Waals surface area contributed by atoms with Crippen LogP contribution in [0.3, 0.4) is 0 Å². The summed E-state index contributed by atoms with van der Waals surface area (Å²) in [5.74, 6) is -0.383. The minimum Gasteiger partial charge on any atom is -0.323 e. The summed E-state index contributed by atoms with van der Waals surface area (Å²) >= 11 is 0. The molecule has 0 bridgehead atoms. The van der Waals surface area contributed by atoms with E-state index in [2.05, 4.69) is 10.3 Å². The van der Waals surface area contributed by atoms with Gasteiger partial charge in [-0.2, -0.15) is 0 Å². The molecule has 0 aliphatic carbocycles. The average Bonchev–Trinajstić information content (AvgIpc) is 3.18. The summed E-state index contributed by atoms with van der Waals surface area (Å²) in [6, 6.07) is 15.2. The number of carbonyl (C=O) groups is 1. The third-order valence-corrected chi connectivity index (χ3v) is 4.75. The lowest BCUT2D eigenvalue weighted by Gasteiger charge is -2.07. The number of benzene rings is 2. The molecular weight excluding hydrogens is 382 g/mol. The molecule has 30 heavy (non-hydrogen) atoms. The summed E-state index contributed by atoms with van der Waals surface area (Å²) in [5, 5.41) is 2.75. The van der Waals surface area contributed by atoms with Crippen LogP contribution in [0.2, 0.25) is 0 Å². The predicted octanol–water partition coefficient (Wildman–Crippen LogP) is 2.07. The molecular formula is C22H19N5O3. The maximum absolute atomic E-state index is 12.2. The third-order valence-electron chi connectivity index (χ3n) is 4.75. The van der Waals surface area contributed by atoms with E-state index in [-0.39, 0.29) is 11.5 Å². The molecule has 0 atom stereocenters. The van der Waals surface area contributed by atoms with Crippen molar-refractivity contribution in [2.24, 2.45) is 14.1 Å². The molecule has 8 heteroatoms. The van der Waals surface area contributed by atoms with Gasteiger partial charge in [-0.05, 0) is 42.5 Å². The number of fused-ring (bicyclic) bond motifs is 1. The van der Waals surface area contributed by atoms with Gasteiger partial charge >= 0.3 is 5.69 Å². The quantitative estimate of drug-likeness (QED) is 0.530. The highest BCUT2D eigenvalue weighted by molar-refractivity contribution is 6.01. The molecule has 0 fully saturated rings. The Morgan fingerprint density at radius 1 is 1.03 bits per heavy atom. The smallest absolute Gasteiger partial charge is 0.323 e. The number of hydrogen-bond acceptors (Lipinski definition) is 4. The van der Waals surface area contributed by atoms with Crippen molar-refractivity contribution in [3.63, 3.8) is 0 Å². The van der Waals surface area contributed by atoms with E-state index in [0.717, 1.165) is 21.3 Å². The average molecular weight is 401 g/mol. The number of carbonyl (C=O) groups excluding carboxylic acids is 1. The van der Waals surface area contributed by atoms with Crippen molar-refractivity contribution in [3.05, 3.63) is 93.5 Å². The second-order valence-corrected chi connectivity index (χ2v) is 6.81. The molecule has 0 aliphatic heterocycles. The zero-order chi connectivity index (χ0) is 21.3. The van der Waals surface area contributed by atoms with Crippen LogP contribution in [0, 0.1) is 0 Å². The lowest BCUT2D eigenvalue weighted by atomic mass is 10.2. The van der Waals surface area contributed by atoms with E-state index in [1.165, 1.54) is 30.0 Å². The number of para-hydroxylation sites is 2. The van der Waals surface area contributed by atoms with Crippen molar-refractivity contribution in [3.8, 4) is 5.69 Å². The molecule has 0 saturated carbocycles. The fraction of sp³-hybridized carbons (Fsp3) is 0.0909. The second kappa shape index (κ2) is 7.67. The molecule has 4 aromatic rings. The predicted molar refractivity (Wildman–Crippen MR) is 116 cm³/mol. The van der Waals surface area contributed by atoms with Crippen LogP contribution in [0.4, 0.5) is 5.69 Å². The van der Waals surface area contributed by atoms with E-state index in [1.807, 2.05) is 41.0 Å². The first-order valence-electron chi connectivity index (χ1n) is 9.22. The van der Waals surface area contributed by atoms with E-state index < -0.39 is 11.2 Å². The Morgan fingerprint density at radius 2 is 1.77 bits per heavy atom. The van der Waals surface area contributed by atoms with Crippen LogP contribution in [0.5, 0.6) is 0 Å². The Bertz CT molecular complexity index is 1390. The van der Waals surface area contributed by atoms with Crippen LogP contribution in [0.1, 0.15) is 5.56 Å². The number of anilines is 1. The summed E-state index contributed by atoms with van der Waals surface area (Å²) in [7, 11) is 2.94. The second-order valence-electron chi connectivity index (χ2n) is 6.81. The number of nitrogens with one attached hydrogen (secondary N) is 1. The molecule has 2 aromatic heterocycles. The number of aromatic nitrogens is 4. The molecule has 8 nitrogen and oxygen atoms in total. The van der Waals surface area contributed by atoms with Crippen LogP contribution in [0.15, 0.2) is 76.7 Å². The molecule has 2 heterocycles. The van der Waals surface area contributed by atoms with Crippen LogP contribution >= 0.6 is 0 Å². The summed E-state index contributed by atoms with van der Waals surface area (Å²) in [5.41, 5.74) is 2.81. The first-order valence-corrected chi connectivity index (χ1v) is 9.22. The Labute approximate surface area is 171 Å². The van der Waals surface area contributed by atoms with Crippen molar-refractivity contribution in [1.82, 2.24) is 18.7 Å². The van der Waals surface area contributed by atoms with Gasteiger partial charge in [0.15, 0.2) is 0 Å². The molecule has 0 unspecified atom stereocenters. The highest BCUT2D eigenvalue weighted by Gasteiger charge is 2.06. The maximum atomic E-state index is 12.2. The van der Waals surface area contributed by atoms with Gasteiger partial charge in [0, 0.05) is 37.7 Å². The molecule has 1 N–H and O–H groups in total. The molecule has 150 valence electrons. The summed E-state index contributed by atoms with van der Waals surface area (Å²) in [6.07, 6.45) is 5.81. The van der Waals surface area contributed by atoms with Gasteiger partial charge in [0.05, 0.1) is 16.6 Å². The van der Waals surface area contributed by atoms with Crippen LogP contribution in [-0.4, -0.2) is 24.6 Å². The number of nitrogens with zero attached hydrogens (tertiary/aromatic N) is 4. The normalized spacial score (nSPS) is 11.3. The van der Waals surface area contributed by atoms with Gasteiger partial charge in [0.1, 0.15) is 6.33 Å². The van der Waals surface area contributed by atoms with Gasteiger partial charge < -0.3 is 9.88 Å². The van der Waals surface area contributed by atoms with E-state index in [9.17, 15) is 14.4 Å². The molecule has 0 aliphatic rings. The monoisotopic (exact) mass is 401 g/mol. The van der Waals surface area contributed by atoms with E-state index in [4.69, 9.17) is 0 Å². The Morgan fingerprint density at radius 3 is 2.53 bits per heavy atom. The van der Waals surface area contributed by atoms with Gasteiger partial charge in [0.2, 0.25) is 5.91 Å². The maximum Gasteiger partial charge on any atom is 0.330 e. The van der Waals surface area contributed by atoms with Gasteiger partial charge in [-0.3, -0.25) is 18.7 Å². The number of hydrogen-bond donors (Lipinski definition) is 1. The molecule has 0 radical (unpaired) electrons. The Balaban J connectivity index is 1.50. The highest BCUT2D eigenvalue weighted by atomic mass is 16.2. The van der Waals surface area contributed by atoms with Gasteiger partial charge in [-0.15, -0.1) is 0 Å². The topological polar surface area (TPSA) is 90.9 Å². The molecule has 1 amide bonds. The summed E-state index contributed by atoms with van der Waals surface area (Å²) in [4.78, 5) is 40.4. The lowest BCUT2D eigenvalue weighted by Crippen LogP contribution is -2.37. The molecule has 4 rings (SSSR count). The van der Waals surface area contributed by atoms with Gasteiger partial charge in [-0.1, -0.05) is 12.1 Å². The van der Waals surface area contributed by atoms with Crippen molar-refractivity contribution in [2.45, 2.75) is 0 Å². The summed E-state index contributed by atoms with van der Waals surface area (Å²) < 4.78 is 4.25. The van der Waals surface area contributed by atoms with E-state index in [1.54, 1.807) is 25.5 Å². The Hall–Kier alpha value is -4.20. The number of aryl methyl sites for hydroxylation is 1. The largest absolute Gasteiger partial charge is 0.330 e. The first-order chi connectivity index (χ1) is 14.4. The zero-order valence-corrected chi connectivity index (χ0v) is 16.4. The summed E-state index contributed by atoms with van der Waals surface area (Å²) in [6.45, 7) is 0. The SMILES string of the molecule is Cn1cc(/C=C/C(=O)Nc2ccc(-n3cnc4ccccc43)cc2)c(=O)n(C)c1=O. The highest BCUT2D eigenvalue weighted by Crippen LogP contribution is 2.19. The minimum atomic E-state index is -0.459. The van der Waals surface area contributed by atoms with Crippen LogP contribution in [0.25, 0.3) is 22.8 Å². The number of rotatable bonds is 4. The van der Waals surface area contributed by atoms with Crippen LogP contribution in [-0.2, 0) is 18.9 Å². The molecule has 0 saturated heterocycles. The fourth-order valence-corrected chi connectivity index (χ4v) is 3.17. The number of amides is 1. The van der Waals surface area contributed by atoms with E-state index >= 15 is 0 Å². The van der Waals surface area contributed by atoms with Crippen LogP contribution < -0.4 is 16.6 Å². The van der Waals surface area contributed by atoms with Crippen molar-refractivity contribution in [2.75, 3.05) is 5.32 Å². The van der Waals surface area contributed by atoms with Gasteiger partial charge in [-0.25, -0.2) is 9.78 Å². The first kappa shape index (κ1) is 19.1.